The van der Waals surface area contributed by atoms with Gasteiger partial charge in [0, 0.05) is 45.7 Å². The smallest absolute Gasteiger partial charge is 0.0587 e. The third-order valence-electron chi connectivity index (χ3n) is 13.4. The Balaban J connectivity index is 0.999. The molecule has 0 saturated heterocycles. The van der Waals surface area contributed by atoms with Gasteiger partial charge in [-0.25, -0.2) is 0 Å². The van der Waals surface area contributed by atoms with Gasteiger partial charge in [0.2, 0.25) is 0 Å². The van der Waals surface area contributed by atoms with Crippen LogP contribution in [-0.2, 0) is 26.2 Å². The third-order valence-corrected chi connectivity index (χ3v) is 20.0. The van der Waals surface area contributed by atoms with Gasteiger partial charge in [-0.3, -0.25) is 0 Å². The minimum atomic E-state index is 1.01. The molecule has 0 radical (unpaired) electrons. The number of aromatic nitrogens is 4. The molecule has 70 heavy (non-hydrogen) atoms. The van der Waals surface area contributed by atoms with Crippen molar-refractivity contribution in [2.75, 3.05) is 0 Å². The Morgan fingerprint density at radius 2 is 0.429 bits per heavy atom. The molecule has 0 N–H and O–H groups in total. The summed E-state index contributed by atoms with van der Waals surface area (Å²) < 4.78 is 10.3. The number of unbranched alkanes of at least 4 members (excludes halogenated alkanes) is 4. The van der Waals surface area contributed by atoms with E-state index in [9.17, 15) is 0 Å². The molecule has 356 valence electrons. The van der Waals surface area contributed by atoms with Crippen LogP contribution in [0.5, 0.6) is 0 Å². The fraction of sp³-hybridized carbons (Fsp3) is 0.267. The van der Waals surface area contributed by atoms with Crippen LogP contribution in [0.2, 0.25) is 0 Å². The molecule has 0 spiro atoms. The summed E-state index contributed by atoms with van der Waals surface area (Å²) in [6.45, 7) is 13.2. The Labute approximate surface area is 437 Å². The van der Waals surface area contributed by atoms with Crippen LogP contribution in [0, 0.1) is 0 Å². The molecule has 0 fully saturated rings. The minimum absolute atomic E-state index is 1.01. The van der Waals surface area contributed by atoms with Crippen LogP contribution < -0.4 is 0 Å². The lowest BCUT2D eigenvalue weighted by Crippen LogP contribution is -2.01. The number of fused-ring (bicyclic) bond motifs is 28. The van der Waals surface area contributed by atoms with Crippen molar-refractivity contribution in [1.82, 2.24) is 18.3 Å². The van der Waals surface area contributed by atoms with Crippen LogP contribution in [0.25, 0.3) is 109 Å². The molecule has 0 amide bonds. The van der Waals surface area contributed by atoms with E-state index in [0.29, 0.717) is 0 Å². The van der Waals surface area contributed by atoms with E-state index in [1.54, 1.807) is 0 Å². The summed E-state index contributed by atoms with van der Waals surface area (Å²) in [7, 11) is 0. The molecule has 10 aromatic rings. The zero-order chi connectivity index (χ0) is 47.6. The Morgan fingerprint density at radius 3 is 0.629 bits per heavy atom. The van der Waals surface area contributed by atoms with E-state index in [1.807, 2.05) is 68.0 Å². The van der Waals surface area contributed by atoms with Crippen LogP contribution in [0.3, 0.4) is 0 Å². The minimum Gasteiger partial charge on any atom is -0.339 e. The highest BCUT2D eigenvalue weighted by Gasteiger charge is 2.21. The maximum absolute atomic E-state index is 2.58. The van der Waals surface area contributed by atoms with Crippen molar-refractivity contribution in [1.29, 1.82) is 0 Å². The van der Waals surface area contributed by atoms with Gasteiger partial charge >= 0.3 is 0 Å². The average molecular weight is 1030 g/mol. The molecule has 11 heterocycles. The predicted molar refractivity (Wildman–Crippen MR) is 313 cm³/mol. The first-order valence-corrected chi connectivity index (χ1v) is 30.2. The first-order chi connectivity index (χ1) is 34.5. The van der Waals surface area contributed by atoms with Gasteiger partial charge in [0.05, 0.1) is 84.6 Å². The lowest BCUT2D eigenvalue weighted by Gasteiger charge is -2.12. The first-order valence-electron chi connectivity index (χ1n) is 25.3. The van der Waals surface area contributed by atoms with Crippen LogP contribution in [0.4, 0.5) is 0 Å². The molecule has 0 aliphatic carbocycles. The molecule has 10 aromatic heterocycles. The summed E-state index contributed by atoms with van der Waals surface area (Å²) in [5, 5.41) is 0. The molecular formula is C60H60N4S6. The quantitative estimate of drug-likeness (QED) is 0.116. The fourth-order valence-corrected chi connectivity index (χ4v) is 15.6. The van der Waals surface area contributed by atoms with Crippen molar-refractivity contribution >= 4 is 92.3 Å². The summed E-state index contributed by atoms with van der Waals surface area (Å²) in [4.78, 5) is 15.7. The molecule has 0 atom stereocenters. The monoisotopic (exact) mass is 1030 g/mol. The highest BCUT2D eigenvalue weighted by atomic mass is 32.1. The van der Waals surface area contributed by atoms with Crippen molar-refractivity contribution in [2.24, 2.45) is 0 Å². The average Bonchev–Trinajstić information content (AvgIpc) is 4.21. The van der Waals surface area contributed by atoms with E-state index in [0.717, 1.165) is 77.5 Å². The number of hydrogen-bond donors (Lipinski definition) is 0. The number of hydrogen-bond acceptors (Lipinski definition) is 6. The molecule has 1 aliphatic heterocycles. The maximum atomic E-state index is 2.58. The standard InChI is InChI=1S/C60H60N4S6/c1-5-9-37-61-45-21-25-49(61)57-33-34-58(69-57)50-26-22-46(62(50)38-10-6-2)54-31-19-43(67-54)15-16-44-20-32-56(68-44)48-24-28-52(64(48)40-12-8-4)60-36-35-59(70-60)51-27-23-47(63(51)39-11-7-3)55-30-18-42(66-55)14-13-41-17-29-53(45)65-41/h13-36H,5-12,37-40H2,1-4H3/b14-13-,16-15-,41-13?,42-14?,43-15?,44-16?,53-45?,54-46?,55-47?,56-48?,57-49?,58-50?,59-51?,60-52?. The second-order valence-corrected chi connectivity index (χ2v) is 24.9. The summed E-state index contributed by atoms with van der Waals surface area (Å²) in [6, 6.07) is 46.7. The van der Waals surface area contributed by atoms with E-state index in [-0.39, 0.29) is 0 Å². The molecular weight excluding hydrogens is 969 g/mol. The fourth-order valence-electron chi connectivity index (χ4n) is 9.70. The van der Waals surface area contributed by atoms with Crippen LogP contribution >= 0.6 is 68.0 Å². The SMILES string of the molecule is CCCCn1c2ccc1-c1ccc(s1)-c1ccc(n1CCCC)-c1ccc(s1)/C=C\c1ccc(s1)-c1ccc(n1CCCC)-c1ccc(s1)-c1ccc(n1CCCC)-c1ccc(s1)/C=C\c1ccc-2s1. The summed E-state index contributed by atoms with van der Waals surface area (Å²) >= 11 is 11.4. The zero-order valence-corrected chi connectivity index (χ0v) is 45.5. The second kappa shape index (κ2) is 21.3. The summed E-state index contributed by atoms with van der Waals surface area (Å²) in [5.41, 5.74) is 10.5. The summed E-state index contributed by atoms with van der Waals surface area (Å²) in [5.74, 6) is 0. The van der Waals surface area contributed by atoms with Crippen LogP contribution in [0.15, 0.2) is 121 Å². The van der Waals surface area contributed by atoms with Gasteiger partial charge in [-0.2, -0.15) is 0 Å². The Kier molecular flexibility index (Phi) is 14.3. The van der Waals surface area contributed by atoms with E-state index in [1.165, 1.54) is 104 Å². The Morgan fingerprint density at radius 1 is 0.243 bits per heavy atom. The molecule has 20 bridgehead atoms. The van der Waals surface area contributed by atoms with Crippen molar-refractivity contribution in [3.05, 3.63) is 141 Å². The largest absolute Gasteiger partial charge is 0.339 e. The zero-order valence-electron chi connectivity index (χ0n) is 40.6. The molecule has 11 rings (SSSR count). The van der Waals surface area contributed by atoms with Crippen molar-refractivity contribution in [2.45, 2.75) is 105 Å². The summed E-state index contributed by atoms with van der Waals surface area (Å²) in [6.07, 6.45) is 18.5. The van der Waals surface area contributed by atoms with Crippen LogP contribution in [0.1, 0.15) is 98.6 Å². The van der Waals surface area contributed by atoms with Gasteiger partial charge in [-0.1, -0.05) is 53.4 Å². The molecule has 0 aromatic carbocycles. The van der Waals surface area contributed by atoms with E-state index >= 15 is 0 Å². The van der Waals surface area contributed by atoms with Gasteiger partial charge in [0.15, 0.2) is 0 Å². The van der Waals surface area contributed by atoms with Crippen LogP contribution in [-0.4, -0.2) is 18.3 Å². The molecule has 1 aliphatic rings. The second-order valence-electron chi connectivity index (χ2n) is 18.2. The van der Waals surface area contributed by atoms with Gasteiger partial charge in [-0.15, -0.1) is 68.0 Å². The normalized spacial score (nSPS) is 13.2. The lowest BCUT2D eigenvalue weighted by atomic mass is 10.2. The lowest BCUT2D eigenvalue weighted by molar-refractivity contribution is 0.645. The van der Waals surface area contributed by atoms with Gasteiger partial charge in [-0.05, 0) is 171 Å². The van der Waals surface area contributed by atoms with Gasteiger partial charge < -0.3 is 18.3 Å². The molecule has 0 saturated carbocycles. The van der Waals surface area contributed by atoms with E-state index in [4.69, 9.17) is 0 Å². The van der Waals surface area contributed by atoms with Crippen molar-refractivity contribution in [3.8, 4) is 84.6 Å². The Bertz CT molecular complexity index is 2970. The topological polar surface area (TPSA) is 19.7 Å². The van der Waals surface area contributed by atoms with E-state index in [2.05, 4.69) is 192 Å². The number of thiophene rings is 6. The number of nitrogens with zero attached hydrogens (tertiary/aromatic N) is 4. The molecule has 10 heteroatoms. The number of rotatable bonds is 12. The van der Waals surface area contributed by atoms with E-state index < -0.39 is 0 Å². The van der Waals surface area contributed by atoms with Gasteiger partial charge in [0.25, 0.3) is 0 Å². The maximum Gasteiger partial charge on any atom is 0.0587 e. The van der Waals surface area contributed by atoms with Gasteiger partial charge in [0.1, 0.15) is 0 Å². The first kappa shape index (κ1) is 47.1. The Hall–Kier alpha value is -5.20. The van der Waals surface area contributed by atoms with Crippen molar-refractivity contribution in [3.63, 3.8) is 0 Å². The highest BCUT2D eigenvalue weighted by molar-refractivity contribution is 7.19. The third kappa shape index (κ3) is 9.51. The predicted octanol–water partition coefficient (Wildman–Crippen LogP) is 20.5. The van der Waals surface area contributed by atoms with Crippen molar-refractivity contribution < 1.29 is 0 Å². The molecule has 4 nitrogen and oxygen atoms in total. The molecule has 0 unspecified atom stereocenters. The highest BCUT2D eigenvalue weighted by Crippen LogP contribution is 2.44.